The number of nitrogens with zero attached hydrogens (tertiary/aromatic N) is 1. The van der Waals surface area contributed by atoms with Crippen LogP contribution in [0.2, 0.25) is 0 Å². The Morgan fingerprint density at radius 1 is 1.33 bits per heavy atom. The van der Waals surface area contributed by atoms with Crippen molar-refractivity contribution in [3.63, 3.8) is 0 Å². The van der Waals surface area contributed by atoms with Crippen molar-refractivity contribution in [1.29, 1.82) is 0 Å². The van der Waals surface area contributed by atoms with E-state index in [2.05, 4.69) is 9.89 Å². The molecule has 0 saturated carbocycles. The van der Waals surface area contributed by atoms with Crippen LogP contribution in [0.4, 0.5) is 0 Å². The van der Waals surface area contributed by atoms with E-state index in [1.165, 1.54) is 14.2 Å². The number of hydrogen-bond donors (Lipinski definition) is 1. The topological polar surface area (TPSA) is 81.8 Å². The molecule has 0 spiro atoms. The van der Waals surface area contributed by atoms with Gasteiger partial charge in [0.25, 0.3) is 0 Å². The van der Waals surface area contributed by atoms with Crippen LogP contribution >= 0.6 is 0 Å². The number of rotatable bonds is 4. The SMILES string of the molecule is COC(=O)c1c(OC)ccc(/C=C/c2cc(C)no2)c1O. The van der Waals surface area contributed by atoms with Crippen LogP contribution in [0.5, 0.6) is 11.5 Å². The summed E-state index contributed by atoms with van der Waals surface area (Å²) in [7, 11) is 2.65. The summed E-state index contributed by atoms with van der Waals surface area (Å²) >= 11 is 0. The van der Waals surface area contributed by atoms with Crippen molar-refractivity contribution in [1.82, 2.24) is 5.16 Å². The highest BCUT2D eigenvalue weighted by Gasteiger charge is 2.20. The first-order valence-electron chi connectivity index (χ1n) is 6.16. The number of carbonyl (C=O) groups excluding carboxylic acids is 1. The molecule has 0 aliphatic heterocycles. The van der Waals surface area contributed by atoms with E-state index < -0.39 is 5.97 Å². The van der Waals surface area contributed by atoms with Crippen molar-refractivity contribution in [2.24, 2.45) is 0 Å². The van der Waals surface area contributed by atoms with Crippen LogP contribution in [0, 0.1) is 6.92 Å². The minimum absolute atomic E-state index is 0.0177. The number of phenolic OH excluding ortho intramolecular Hbond substituents is 1. The summed E-state index contributed by atoms with van der Waals surface area (Å²) in [5.41, 5.74) is 1.17. The third-order valence-corrected chi connectivity index (χ3v) is 2.85. The maximum absolute atomic E-state index is 11.7. The Morgan fingerprint density at radius 3 is 2.67 bits per heavy atom. The zero-order valence-electron chi connectivity index (χ0n) is 11.9. The van der Waals surface area contributed by atoms with Gasteiger partial charge in [-0.25, -0.2) is 4.79 Å². The van der Waals surface area contributed by atoms with Crippen LogP contribution in [0.1, 0.15) is 27.4 Å². The average molecular weight is 289 g/mol. The number of benzene rings is 1. The Balaban J connectivity index is 2.41. The van der Waals surface area contributed by atoms with Crippen LogP contribution < -0.4 is 4.74 Å². The zero-order valence-corrected chi connectivity index (χ0v) is 11.9. The van der Waals surface area contributed by atoms with Gasteiger partial charge in [-0.2, -0.15) is 0 Å². The molecule has 0 atom stereocenters. The molecular formula is C15H15NO5. The molecule has 2 aromatic rings. The van der Waals surface area contributed by atoms with Crippen LogP contribution in [-0.4, -0.2) is 30.5 Å². The molecule has 0 aliphatic rings. The van der Waals surface area contributed by atoms with Crippen molar-refractivity contribution in [3.8, 4) is 11.5 Å². The lowest BCUT2D eigenvalue weighted by Gasteiger charge is -2.10. The minimum atomic E-state index is -0.671. The van der Waals surface area contributed by atoms with Gasteiger partial charge in [-0.05, 0) is 31.2 Å². The first-order chi connectivity index (χ1) is 10.1. The van der Waals surface area contributed by atoms with E-state index in [1.54, 1.807) is 37.3 Å². The second-order valence-electron chi connectivity index (χ2n) is 4.28. The van der Waals surface area contributed by atoms with Crippen LogP contribution in [-0.2, 0) is 4.74 Å². The van der Waals surface area contributed by atoms with E-state index in [1.807, 2.05) is 0 Å². The van der Waals surface area contributed by atoms with E-state index in [-0.39, 0.29) is 17.1 Å². The number of phenols is 1. The fraction of sp³-hybridized carbons (Fsp3) is 0.200. The molecule has 0 aliphatic carbocycles. The van der Waals surface area contributed by atoms with Gasteiger partial charge < -0.3 is 19.1 Å². The van der Waals surface area contributed by atoms with Crippen molar-refractivity contribution in [3.05, 3.63) is 40.8 Å². The molecule has 21 heavy (non-hydrogen) atoms. The number of aromatic nitrogens is 1. The summed E-state index contributed by atoms with van der Waals surface area (Å²) in [6.07, 6.45) is 3.25. The fourth-order valence-electron chi connectivity index (χ4n) is 1.83. The molecule has 1 N–H and O–H groups in total. The standard InChI is InChI=1S/C15H15NO5/c1-9-8-11(21-16-9)6-4-10-5-7-12(19-2)13(14(10)17)15(18)20-3/h4-8,17H,1-3H3/b6-4+. The number of ether oxygens (including phenoxy) is 2. The van der Waals surface area contributed by atoms with E-state index in [4.69, 9.17) is 9.26 Å². The predicted molar refractivity (Wildman–Crippen MR) is 76.2 cm³/mol. The third kappa shape index (κ3) is 3.05. The number of esters is 1. The lowest BCUT2D eigenvalue weighted by Crippen LogP contribution is -2.05. The van der Waals surface area contributed by atoms with E-state index in [9.17, 15) is 9.90 Å². The van der Waals surface area contributed by atoms with Gasteiger partial charge in [-0.15, -0.1) is 0 Å². The lowest BCUT2D eigenvalue weighted by molar-refractivity contribution is 0.0593. The van der Waals surface area contributed by atoms with Crippen LogP contribution in [0.25, 0.3) is 12.2 Å². The molecule has 110 valence electrons. The molecule has 6 heteroatoms. The summed E-state index contributed by atoms with van der Waals surface area (Å²) in [6.45, 7) is 1.81. The summed E-state index contributed by atoms with van der Waals surface area (Å²) in [5.74, 6) is -0.0989. The summed E-state index contributed by atoms with van der Waals surface area (Å²) in [5, 5.41) is 14.0. The van der Waals surface area contributed by atoms with Crippen LogP contribution in [0.3, 0.4) is 0 Å². The molecular weight excluding hydrogens is 274 g/mol. The smallest absolute Gasteiger partial charge is 0.345 e. The Labute approximate surface area is 121 Å². The number of aromatic hydroxyl groups is 1. The van der Waals surface area contributed by atoms with Crippen molar-refractivity contribution in [2.75, 3.05) is 14.2 Å². The highest BCUT2D eigenvalue weighted by atomic mass is 16.5. The maximum Gasteiger partial charge on any atom is 0.345 e. The second kappa shape index (κ2) is 6.13. The summed E-state index contributed by atoms with van der Waals surface area (Å²) in [6, 6.07) is 4.95. The highest BCUT2D eigenvalue weighted by molar-refractivity contribution is 5.97. The molecule has 0 fully saturated rings. The molecule has 1 aromatic heterocycles. The van der Waals surface area contributed by atoms with E-state index in [0.717, 1.165) is 5.69 Å². The number of carbonyl (C=O) groups is 1. The summed E-state index contributed by atoms with van der Waals surface area (Å²) in [4.78, 5) is 11.7. The van der Waals surface area contributed by atoms with Gasteiger partial charge in [0.2, 0.25) is 0 Å². The van der Waals surface area contributed by atoms with Crippen molar-refractivity contribution >= 4 is 18.1 Å². The monoisotopic (exact) mass is 289 g/mol. The van der Waals surface area contributed by atoms with Gasteiger partial charge in [-0.3, -0.25) is 0 Å². The molecule has 6 nitrogen and oxygen atoms in total. The Kier molecular flexibility index (Phi) is 4.27. The van der Waals surface area contributed by atoms with Gasteiger partial charge in [0.1, 0.15) is 17.1 Å². The zero-order chi connectivity index (χ0) is 15.4. The Bertz CT molecular complexity index is 687. The molecule has 0 amide bonds. The van der Waals surface area contributed by atoms with Gasteiger partial charge in [0, 0.05) is 11.6 Å². The quantitative estimate of drug-likeness (QED) is 0.871. The molecule has 0 radical (unpaired) electrons. The largest absolute Gasteiger partial charge is 0.506 e. The molecule has 1 aromatic carbocycles. The number of aryl methyl sites for hydroxylation is 1. The number of methoxy groups -OCH3 is 2. The van der Waals surface area contributed by atoms with E-state index >= 15 is 0 Å². The third-order valence-electron chi connectivity index (χ3n) is 2.85. The molecule has 0 saturated heterocycles. The molecule has 1 heterocycles. The fourth-order valence-corrected chi connectivity index (χ4v) is 1.83. The predicted octanol–water partition coefficient (Wildman–Crippen LogP) is 2.65. The normalized spacial score (nSPS) is 10.8. The first-order valence-corrected chi connectivity index (χ1v) is 6.16. The molecule has 0 unspecified atom stereocenters. The maximum atomic E-state index is 11.7. The second-order valence-corrected chi connectivity index (χ2v) is 4.28. The first kappa shape index (κ1) is 14.6. The Morgan fingerprint density at radius 2 is 2.10 bits per heavy atom. The summed E-state index contributed by atoms with van der Waals surface area (Å²) < 4.78 is 14.7. The van der Waals surface area contributed by atoms with Crippen LogP contribution in [0.15, 0.2) is 22.7 Å². The van der Waals surface area contributed by atoms with Gasteiger partial charge in [-0.1, -0.05) is 5.16 Å². The molecule has 0 bridgehead atoms. The number of hydrogen-bond acceptors (Lipinski definition) is 6. The Hall–Kier alpha value is -2.76. The highest BCUT2D eigenvalue weighted by Crippen LogP contribution is 2.33. The van der Waals surface area contributed by atoms with Gasteiger partial charge in [0.05, 0.1) is 19.9 Å². The van der Waals surface area contributed by atoms with Crippen molar-refractivity contribution in [2.45, 2.75) is 6.92 Å². The lowest BCUT2D eigenvalue weighted by atomic mass is 10.1. The van der Waals surface area contributed by atoms with Crippen molar-refractivity contribution < 1.29 is 23.9 Å². The molecule has 2 rings (SSSR count). The van der Waals surface area contributed by atoms with Gasteiger partial charge in [0.15, 0.2) is 5.76 Å². The van der Waals surface area contributed by atoms with Gasteiger partial charge >= 0.3 is 5.97 Å². The average Bonchev–Trinajstić information content (AvgIpc) is 2.90. The minimum Gasteiger partial charge on any atom is -0.506 e. The van der Waals surface area contributed by atoms with E-state index in [0.29, 0.717) is 11.3 Å².